The van der Waals surface area contributed by atoms with Crippen LogP contribution in [0.3, 0.4) is 0 Å². The van der Waals surface area contributed by atoms with Crippen molar-refractivity contribution in [3.05, 3.63) is 11.6 Å². The summed E-state index contributed by atoms with van der Waals surface area (Å²) in [4.78, 5) is 17.0. The van der Waals surface area contributed by atoms with Crippen LogP contribution in [-0.4, -0.2) is 60.2 Å². The molecule has 1 aromatic rings. The molecule has 2 heterocycles. The van der Waals surface area contributed by atoms with Crippen LogP contribution >= 0.6 is 11.3 Å². The van der Waals surface area contributed by atoms with Crippen LogP contribution in [0.1, 0.15) is 6.92 Å². The number of anilines is 1. The highest BCUT2D eigenvalue weighted by Gasteiger charge is 2.35. The molecule has 0 bridgehead atoms. The Balaban J connectivity index is 2.02. The molecule has 19 heavy (non-hydrogen) atoms. The minimum atomic E-state index is -3.76. The largest absolute Gasteiger partial charge is 0.480 e. The number of thiazole rings is 1. The molecule has 1 aromatic heterocycles. The lowest BCUT2D eigenvalue weighted by atomic mass is 10.4. The van der Waals surface area contributed by atoms with Crippen LogP contribution in [0.5, 0.6) is 0 Å². The lowest BCUT2D eigenvalue weighted by Crippen LogP contribution is -2.51. The molecule has 1 N–H and O–H groups in total. The number of rotatable bonds is 4. The summed E-state index contributed by atoms with van der Waals surface area (Å²) in [6.07, 6.45) is 1.70. The van der Waals surface area contributed by atoms with E-state index in [-0.39, 0.29) is 0 Å². The molecule has 1 fully saturated rings. The zero-order valence-corrected chi connectivity index (χ0v) is 12.0. The maximum Gasteiger partial charge on any atom is 0.323 e. The molecular formula is C10H15N3O4S2. The van der Waals surface area contributed by atoms with Gasteiger partial charge in [0.15, 0.2) is 10.4 Å². The smallest absolute Gasteiger partial charge is 0.323 e. The number of hydrogen-bond donors (Lipinski definition) is 1. The second-order valence-electron chi connectivity index (χ2n) is 4.23. The average molecular weight is 305 g/mol. The van der Waals surface area contributed by atoms with Crippen molar-refractivity contribution in [3.8, 4) is 0 Å². The summed E-state index contributed by atoms with van der Waals surface area (Å²) in [5.41, 5.74) is 0. The highest BCUT2D eigenvalue weighted by atomic mass is 32.2. The molecule has 0 radical (unpaired) electrons. The summed E-state index contributed by atoms with van der Waals surface area (Å²) in [6.45, 7) is 2.84. The van der Waals surface area contributed by atoms with Crippen molar-refractivity contribution < 1.29 is 18.3 Å². The van der Waals surface area contributed by atoms with Crippen LogP contribution in [0.2, 0.25) is 0 Å². The molecule has 0 aliphatic carbocycles. The van der Waals surface area contributed by atoms with Crippen LogP contribution < -0.4 is 4.90 Å². The molecule has 106 valence electrons. The molecule has 0 spiro atoms. The number of aromatic nitrogens is 1. The van der Waals surface area contributed by atoms with Gasteiger partial charge in [-0.05, 0) is 6.92 Å². The molecule has 0 saturated carbocycles. The predicted octanol–water partition coefficient (Wildman–Crippen LogP) is 0.0680. The number of sulfonamides is 1. The zero-order chi connectivity index (χ0) is 14.0. The Labute approximate surface area is 115 Å². The van der Waals surface area contributed by atoms with E-state index in [1.807, 2.05) is 10.3 Å². The van der Waals surface area contributed by atoms with E-state index < -0.39 is 21.2 Å². The lowest BCUT2D eigenvalue weighted by molar-refractivity contribution is -0.136. The molecule has 0 amide bonds. The summed E-state index contributed by atoms with van der Waals surface area (Å²) in [5.74, 6) is -1.32. The molecule has 1 unspecified atom stereocenters. The number of carboxylic acid groups (broad SMARTS) is 1. The third-order valence-electron chi connectivity index (χ3n) is 3.08. The van der Waals surface area contributed by atoms with Crippen molar-refractivity contribution in [2.24, 2.45) is 0 Å². The summed E-state index contributed by atoms with van der Waals surface area (Å²) in [7, 11) is -3.76. The van der Waals surface area contributed by atoms with Crippen LogP contribution in [0.25, 0.3) is 0 Å². The van der Waals surface area contributed by atoms with Gasteiger partial charge in [-0.25, -0.2) is 13.4 Å². The van der Waals surface area contributed by atoms with Gasteiger partial charge < -0.3 is 10.0 Å². The molecule has 2 rings (SSSR count). The normalized spacial score (nSPS) is 19.3. The monoisotopic (exact) mass is 305 g/mol. The first-order chi connectivity index (χ1) is 8.93. The van der Waals surface area contributed by atoms with Gasteiger partial charge in [-0.1, -0.05) is 0 Å². The maximum atomic E-state index is 12.0. The van der Waals surface area contributed by atoms with E-state index in [0.717, 1.165) is 5.13 Å². The topological polar surface area (TPSA) is 90.8 Å². The van der Waals surface area contributed by atoms with Gasteiger partial charge >= 0.3 is 5.97 Å². The van der Waals surface area contributed by atoms with Crippen molar-refractivity contribution in [2.75, 3.05) is 31.1 Å². The summed E-state index contributed by atoms with van der Waals surface area (Å²) < 4.78 is 25.3. The minimum absolute atomic E-state index is 0.291. The number of aliphatic carboxylic acids is 1. The number of nitrogens with zero attached hydrogens (tertiary/aromatic N) is 3. The van der Waals surface area contributed by atoms with E-state index in [1.54, 1.807) is 6.20 Å². The number of piperazine rings is 1. The Morgan fingerprint density at radius 1 is 1.42 bits per heavy atom. The fourth-order valence-electron chi connectivity index (χ4n) is 1.86. The number of hydrogen-bond acceptors (Lipinski definition) is 6. The van der Waals surface area contributed by atoms with Gasteiger partial charge in [0, 0.05) is 37.8 Å². The van der Waals surface area contributed by atoms with Crippen molar-refractivity contribution in [3.63, 3.8) is 0 Å². The average Bonchev–Trinajstić information content (AvgIpc) is 2.91. The summed E-state index contributed by atoms with van der Waals surface area (Å²) in [6, 6.07) is 0. The van der Waals surface area contributed by atoms with Crippen molar-refractivity contribution >= 4 is 32.5 Å². The van der Waals surface area contributed by atoms with Crippen LogP contribution in [-0.2, 0) is 14.8 Å². The second-order valence-corrected chi connectivity index (χ2v) is 7.35. The Morgan fingerprint density at radius 3 is 2.53 bits per heavy atom. The van der Waals surface area contributed by atoms with Gasteiger partial charge in [0.1, 0.15) is 0 Å². The quantitative estimate of drug-likeness (QED) is 0.846. The summed E-state index contributed by atoms with van der Waals surface area (Å²) >= 11 is 1.50. The number of carboxylic acids is 1. The van der Waals surface area contributed by atoms with Crippen LogP contribution in [0, 0.1) is 0 Å². The first kappa shape index (κ1) is 14.2. The lowest BCUT2D eigenvalue weighted by Gasteiger charge is -2.34. The third kappa shape index (κ3) is 2.88. The Morgan fingerprint density at radius 2 is 2.05 bits per heavy atom. The third-order valence-corrected chi connectivity index (χ3v) is 6.10. The van der Waals surface area contributed by atoms with E-state index in [9.17, 15) is 13.2 Å². The molecule has 7 nitrogen and oxygen atoms in total. The minimum Gasteiger partial charge on any atom is -0.480 e. The molecule has 1 aliphatic rings. The molecular weight excluding hydrogens is 290 g/mol. The summed E-state index contributed by atoms with van der Waals surface area (Å²) in [5, 5.41) is 10.2. The van der Waals surface area contributed by atoms with Gasteiger partial charge in [-0.15, -0.1) is 11.3 Å². The van der Waals surface area contributed by atoms with Gasteiger partial charge in [-0.2, -0.15) is 4.31 Å². The SMILES string of the molecule is CC(C(=O)O)S(=O)(=O)N1CCN(c2nccs2)CC1. The maximum absolute atomic E-state index is 12.0. The van der Waals surface area contributed by atoms with Gasteiger partial charge in [0.25, 0.3) is 0 Å². The fourth-order valence-corrected chi connectivity index (χ4v) is 3.93. The zero-order valence-electron chi connectivity index (χ0n) is 10.4. The van der Waals surface area contributed by atoms with Crippen LogP contribution in [0.15, 0.2) is 11.6 Å². The van der Waals surface area contributed by atoms with Crippen molar-refractivity contribution in [1.82, 2.24) is 9.29 Å². The standard InChI is InChI=1S/C10H15N3O4S2/c1-8(9(14)15)19(16,17)13-5-3-12(4-6-13)10-11-2-7-18-10/h2,7-8H,3-6H2,1H3,(H,14,15). The first-order valence-corrected chi connectivity index (χ1v) is 8.17. The van der Waals surface area contributed by atoms with E-state index in [1.165, 1.54) is 22.6 Å². The van der Waals surface area contributed by atoms with Crippen LogP contribution in [0.4, 0.5) is 5.13 Å². The van der Waals surface area contributed by atoms with Gasteiger partial charge in [-0.3, -0.25) is 4.79 Å². The molecule has 9 heteroatoms. The van der Waals surface area contributed by atoms with E-state index in [4.69, 9.17) is 5.11 Å². The molecule has 1 atom stereocenters. The highest BCUT2D eigenvalue weighted by molar-refractivity contribution is 7.90. The molecule has 1 aliphatic heterocycles. The Hall–Kier alpha value is -1.19. The van der Waals surface area contributed by atoms with E-state index in [2.05, 4.69) is 4.98 Å². The first-order valence-electron chi connectivity index (χ1n) is 5.79. The second kappa shape index (κ2) is 5.43. The predicted molar refractivity (Wildman–Crippen MR) is 71.9 cm³/mol. The Kier molecular flexibility index (Phi) is 4.07. The Bertz CT molecular complexity index is 535. The molecule has 1 saturated heterocycles. The molecule has 0 aromatic carbocycles. The van der Waals surface area contributed by atoms with Crippen molar-refractivity contribution in [2.45, 2.75) is 12.2 Å². The fraction of sp³-hybridized carbons (Fsp3) is 0.600. The van der Waals surface area contributed by atoms with E-state index >= 15 is 0 Å². The van der Waals surface area contributed by atoms with E-state index in [0.29, 0.717) is 26.2 Å². The number of carbonyl (C=O) groups is 1. The van der Waals surface area contributed by atoms with Gasteiger partial charge in [0.05, 0.1) is 0 Å². The van der Waals surface area contributed by atoms with Gasteiger partial charge in [0.2, 0.25) is 10.0 Å². The van der Waals surface area contributed by atoms with Crippen molar-refractivity contribution in [1.29, 1.82) is 0 Å². The highest BCUT2D eigenvalue weighted by Crippen LogP contribution is 2.20.